The summed E-state index contributed by atoms with van der Waals surface area (Å²) in [5.74, 6) is 0. The van der Waals surface area contributed by atoms with E-state index in [2.05, 4.69) is 11.4 Å². The van der Waals surface area contributed by atoms with Gasteiger partial charge in [-0.2, -0.15) is 5.26 Å². The summed E-state index contributed by atoms with van der Waals surface area (Å²) in [7, 11) is -3.80. The van der Waals surface area contributed by atoms with Crippen LogP contribution in [0, 0.1) is 11.3 Å². The van der Waals surface area contributed by atoms with Gasteiger partial charge in [0.15, 0.2) is 0 Å². The minimum Gasteiger partial charge on any atom is -0.317 e. The molecule has 0 saturated carbocycles. The monoisotopic (exact) mass is 265 g/mol. The second kappa shape index (κ2) is 4.69. The number of hydrogen-bond donors (Lipinski definition) is 2. The van der Waals surface area contributed by atoms with Crippen LogP contribution in [0.5, 0.6) is 0 Å². The van der Waals surface area contributed by atoms with Crippen LogP contribution in [-0.4, -0.2) is 21.5 Å². The van der Waals surface area contributed by atoms with Gasteiger partial charge in [0.05, 0.1) is 16.4 Å². The number of nitrogens with two attached hydrogens (primary N) is 1. The Kier molecular flexibility index (Phi) is 3.39. The number of nitriles is 1. The Balaban J connectivity index is 2.60. The highest BCUT2D eigenvalue weighted by atomic mass is 32.2. The van der Waals surface area contributed by atoms with Crippen LogP contribution in [0.2, 0.25) is 0 Å². The third-order valence-electron chi connectivity index (χ3n) is 3.38. The van der Waals surface area contributed by atoms with Crippen LogP contribution in [0.3, 0.4) is 0 Å². The maximum Gasteiger partial charge on any atom is 0.238 e. The highest BCUT2D eigenvalue weighted by molar-refractivity contribution is 7.89. The van der Waals surface area contributed by atoms with Crippen LogP contribution in [0.15, 0.2) is 29.2 Å². The maximum atomic E-state index is 11.6. The summed E-state index contributed by atoms with van der Waals surface area (Å²) in [4.78, 5) is 0.0634. The average Bonchev–Trinajstić information content (AvgIpc) is 2.38. The van der Waals surface area contributed by atoms with Gasteiger partial charge in [0.25, 0.3) is 0 Å². The van der Waals surface area contributed by atoms with Crippen LogP contribution in [0.4, 0.5) is 0 Å². The average molecular weight is 265 g/mol. The highest BCUT2D eigenvalue weighted by Gasteiger charge is 2.37. The first kappa shape index (κ1) is 13.0. The Bertz CT molecular complexity index is 584. The van der Waals surface area contributed by atoms with E-state index in [-0.39, 0.29) is 4.90 Å². The molecule has 0 aromatic heterocycles. The first-order valence-electron chi connectivity index (χ1n) is 5.74. The first-order valence-corrected chi connectivity index (χ1v) is 7.28. The maximum absolute atomic E-state index is 11.6. The lowest BCUT2D eigenvalue weighted by Crippen LogP contribution is -2.40. The van der Waals surface area contributed by atoms with Gasteiger partial charge in [-0.3, -0.25) is 0 Å². The van der Waals surface area contributed by atoms with Crippen molar-refractivity contribution in [1.29, 1.82) is 5.26 Å². The molecular weight excluding hydrogens is 250 g/mol. The fraction of sp³-hybridized carbons (Fsp3) is 0.417. The van der Waals surface area contributed by atoms with Crippen LogP contribution >= 0.6 is 0 Å². The molecular formula is C12H15N3O2S. The van der Waals surface area contributed by atoms with Crippen molar-refractivity contribution in [2.24, 2.45) is 5.14 Å². The highest BCUT2D eigenvalue weighted by Crippen LogP contribution is 2.36. The van der Waals surface area contributed by atoms with Crippen molar-refractivity contribution in [2.75, 3.05) is 13.1 Å². The summed E-state index contributed by atoms with van der Waals surface area (Å²) in [6.07, 6.45) is 1.19. The molecule has 6 heteroatoms. The molecule has 0 atom stereocenters. The lowest BCUT2D eigenvalue weighted by Gasteiger charge is -2.32. The third-order valence-corrected chi connectivity index (χ3v) is 4.35. The summed E-state index contributed by atoms with van der Waals surface area (Å²) in [5.41, 5.74) is -0.231. The zero-order valence-electron chi connectivity index (χ0n) is 9.89. The van der Waals surface area contributed by atoms with E-state index < -0.39 is 15.4 Å². The van der Waals surface area contributed by atoms with E-state index in [9.17, 15) is 13.7 Å². The Morgan fingerprint density at radius 1 is 1.28 bits per heavy atom. The normalized spacial score (nSPS) is 19.1. The summed E-state index contributed by atoms with van der Waals surface area (Å²) >= 11 is 0. The number of piperidine rings is 1. The minimum absolute atomic E-state index is 0.0634. The van der Waals surface area contributed by atoms with Gasteiger partial charge >= 0.3 is 0 Å². The van der Waals surface area contributed by atoms with Crippen molar-refractivity contribution in [2.45, 2.75) is 23.2 Å². The molecule has 96 valence electrons. The SMILES string of the molecule is N#CC1(c2ccccc2S(N)(=O)=O)CCNCC1. The van der Waals surface area contributed by atoms with Gasteiger partial charge in [-0.15, -0.1) is 0 Å². The molecule has 0 unspecified atom stereocenters. The van der Waals surface area contributed by atoms with Gasteiger partial charge in [-0.1, -0.05) is 18.2 Å². The lowest BCUT2D eigenvalue weighted by atomic mass is 9.74. The van der Waals surface area contributed by atoms with E-state index in [4.69, 9.17) is 5.14 Å². The fourth-order valence-electron chi connectivity index (χ4n) is 2.41. The quantitative estimate of drug-likeness (QED) is 0.812. The van der Waals surface area contributed by atoms with Crippen molar-refractivity contribution < 1.29 is 8.42 Å². The second-order valence-corrected chi connectivity index (χ2v) is 6.01. The lowest BCUT2D eigenvalue weighted by molar-refractivity contribution is 0.377. The largest absolute Gasteiger partial charge is 0.317 e. The Labute approximate surface area is 107 Å². The number of hydrogen-bond acceptors (Lipinski definition) is 4. The number of benzene rings is 1. The van der Waals surface area contributed by atoms with Gasteiger partial charge < -0.3 is 5.32 Å². The number of nitrogens with zero attached hydrogens (tertiary/aromatic N) is 1. The standard InChI is InChI=1S/C12H15N3O2S/c13-9-12(5-7-15-8-6-12)10-3-1-2-4-11(10)18(14,16)17/h1-4,15H,5-8H2,(H2,14,16,17). The van der Waals surface area contributed by atoms with Crippen molar-refractivity contribution in [3.63, 3.8) is 0 Å². The topological polar surface area (TPSA) is 96.0 Å². The van der Waals surface area contributed by atoms with Crippen molar-refractivity contribution >= 4 is 10.0 Å². The number of nitrogens with one attached hydrogen (secondary N) is 1. The molecule has 1 heterocycles. The summed E-state index contributed by atoms with van der Waals surface area (Å²) < 4.78 is 23.2. The van der Waals surface area contributed by atoms with E-state index in [1.165, 1.54) is 6.07 Å². The number of sulfonamides is 1. The molecule has 1 aliphatic rings. The zero-order valence-corrected chi connectivity index (χ0v) is 10.7. The Morgan fingerprint density at radius 2 is 1.89 bits per heavy atom. The molecule has 0 bridgehead atoms. The van der Waals surface area contributed by atoms with Crippen molar-refractivity contribution in [3.05, 3.63) is 29.8 Å². The summed E-state index contributed by atoms with van der Waals surface area (Å²) in [5, 5.41) is 17.9. The fourth-order valence-corrected chi connectivity index (χ4v) is 3.24. The molecule has 0 radical (unpaired) electrons. The molecule has 3 N–H and O–H groups in total. The van der Waals surface area contributed by atoms with E-state index in [1.54, 1.807) is 18.2 Å². The van der Waals surface area contributed by atoms with Gasteiger partial charge in [0.1, 0.15) is 0 Å². The Morgan fingerprint density at radius 3 is 2.44 bits per heavy atom. The van der Waals surface area contributed by atoms with Gasteiger partial charge in [0.2, 0.25) is 10.0 Å². The summed E-state index contributed by atoms with van der Waals surface area (Å²) in [6.45, 7) is 1.40. The molecule has 18 heavy (non-hydrogen) atoms. The number of primary sulfonamides is 1. The molecule has 0 spiro atoms. The summed E-state index contributed by atoms with van der Waals surface area (Å²) in [6, 6.07) is 8.80. The van der Waals surface area contributed by atoms with Crippen molar-refractivity contribution in [1.82, 2.24) is 5.32 Å². The van der Waals surface area contributed by atoms with Crippen LogP contribution in [0.25, 0.3) is 0 Å². The Hall–Kier alpha value is -1.42. The minimum atomic E-state index is -3.80. The van der Waals surface area contributed by atoms with Crippen LogP contribution in [0.1, 0.15) is 18.4 Å². The molecule has 1 aliphatic heterocycles. The molecule has 1 saturated heterocycles. The molecule has 1 fully saturated rings. The van der Waals surface area contributed by atoms with E-state index >= 15 is 0 Å². The van der Waals surface area contributed by atoms with Gasteiger partial charge in [-0.05, 0) is 37.6 Å². The zero-order chi connectivity index (χ0) is 13.2. The van der Waals surface area contributed by atoms with Crippen LogP contribution in [-0.2, 0) is 15.4 Å². The first-order chi connectivity index (χ1) is 8.49. The molecule has 0 aliphatic carbocycles. The smallest absolute Gasteiger partial charge is 0.238 e. The van der Waals surface area contributed by atoms with E-state index in [0.717, 1.165) is 0 Å². The van der Waals surface area contributed by atoms with E-state index in [1.807, 2.05) is 0 Å². The van der Waals surface area contributed by atoms with Gasteiger partial charge in [-0.25, -0.2) is 13.6 Å². The molecule has 1 aromatic rings. The second-order valence-electron chi connectivity index (χ2n) is 4.49. The predicted molar refractivity (Wildman–Crippen MR) is 67.2 cm³/mol. The molecule has 5 nitrogen and oxygen atoms in total. The molecule has 0 amide bonds. The third kappa shape index (κ3) is 2.25. The molecule has 1 aromatic carbocycles. The predicted octanol–water partition coefficient (Wildman–Crippen LogP) is 0.479. The van der Waals surface area contributed by atoms with Gasteiger partial charge in [0, 0.05) is 0 Å². The molecule has 2 rings (SSSR count). The van der Waals surface area contributed by atoms with E-state index in [0.29, 0.717) is 31.5 Å². The van der Waals surface area contributed by atoms with Crippen molar-refractivity contribution in [3.8, 4) is 6.07 Å². The number of rotatable bonds is 2. The van der Waals surface area contributed by atoms with Crippen LogP contribution < -0.4 is 10.5 Å².